The lowest BCUT2D eigenvalue weighted by Gasteiger charge is -2.13. The largest absolute Gasteiger partial charge is 0.388 e. The number of aliphatic hydroxyl groups is 1. The van der Waals surface area contributed by atoms with E-state index in [-0.39, 0.29) is 6.10 Å². The van der Waals surface area contributed by atoms with E-state index < -0.39 is 6.10 Å². The maximum atomic E-state index is 9.55. The molecular weight excluding hydrogens is 170 g/mol. The maximum Gasteiger partial charge on any atom is 0.150 e. The number of aliphatic hydroxyl groups excluding tert-OH is 1. The number of nitrogens with one attached hydrogen (secondary N) is 1. The number of aromatic nitrogens is 2. The first-order valence-corrected chi connectivity index (χ1v) is 4.27. The highest BCUT2D eigenvalue weighted by Gasteiger charge is 2.31. The zero-order chi connectivity index (χ0) is 9.26. The van der Waals surface area contributed by atoms with Crippen molar-refractivity contribution in [2.75, 3.05) is 25.1 Å². The number of hydrogen-bond acceptors (Lipinski definition) is 4. The predicted octanol–water partition coefficient (Wildman–Crippen LogP) is -0.394. The molecule has 0 radical (unpaired) electrons. The van der Waals surface area contributed by atoms with Crippen molar-refractivity contribution in [1.82, 2.24) is 10.2 Å². The second kappa shape index (κ2) is 3.35. The Labute approximate surface area is 76.3 Å². The van der Waals surface area contributed by atoms with Gasteiger partial charge in [-0.1, -0.05) is 0 Å². The molecule has 5 heteroatoms. The average molecular weight is 183 g/mol. The second-order valence-corrected chi connectivity index (χ2v) is 3.18. The summed E-state index contributed by atoms with van der Waals surface area (Å²) in [7, 11) is 1.61. The lowest BCUT2D eigenvalue weighted by Crippen LogP contribution is -2.25. The van der Waals surface area contributed by atoms with Gasteiger partial charge >= 0.3 is 0 Å². The minimum atomic E-state index is -0.415. The number of methoxy groups -OCH3 is 1. The lowest BCUT2D eigenvalue weighted by atomic mass is 10.3. The molecule has 2 heterocycles. The molecule has 0 amide bonds. The molecule has 0 spiro atoms. The first-order valence-electron chi connectivity index (χ1n) is 4.27. The minimum Gasteiger partial charge on any atom is -0.388 e. The van der Waals surface area contributed by atoms with Crippen LogP contribution in [0.5, 0.6) is 0 Å². The molecule has 1 aliphatic rings. The molecule has 0 aliphatic carbocycles. The fourth-order valence-electron chi connectivity index (χ4n) is 1.60. The number of aromatic amines is 1. The third-order valence-electron chi connectivity index (χ3n) is 2.35. The summed E-state index contributed by atoms with van der Waals surface area (Å²) < 4.78 is 5.12. The summed E-state index contributed by atoms with van der Waals surface area (Å²) in [6.07, 6.45) is 1.25. The van der Waals surface area contributed by atoms with Crippen LogP contribution >= 0.6 is 0 Å². The van der Waals surface area contributed by atoms with Crippen LogP contribution in [0.3, 0.4) is 0 Å². The van der Waals surface area contributed by atoms with E-state index in [9.17, 15) is 5.11 Å². The van der Waals surface area contributed by atoms with Crippen molar-refractivity contribution in [3.05, 3.63) is 12.3 Å². The van der Waals surface area contributed by atoms with Crippen molar-refractivity contribution in [3.63, 3.8) is 0 Å². The normalized spacial score (nSPS) is 28.3. The fraction of sp³-hybridized carbons (Fsp3) is 0.625. The molecule has 1 aliphatic heterocycles. The molecule has 1 saturated heterocycles. The number of H-pyrrole nitrogens is 1. The molecule has 1 aromatic heterocycles. The summed E-state index contributed by atoms with van der Waals surface area (Å²) >= 11 is 0. The smallest absolute Gasteiger partial charge is 0.150 e. The Balaban J connectivity index is 2.05. The van der Waals surface area contributed by atoms with E-state index >= 15 is 0 Å². The van der Waals surface area contributed by atoms with Crippen molar-refractivity contribution in [3.8, 4) is 0 Å². The van der Waals surface area contributed by atoms with Gasteiger partial charge in [0.2, 0.25) is 0 Å². The van der Waals surface area contributed by atoms with Gasteiger partial charge in [0.05, 0.1) is 6.10 Å². The monoisotopic (exact) mass is 183 g/mol. The van der Waals surface area contributed by atoms with Crippen molar-refractivity contribution in [1.29, 1.82) is 0 Å². The Morgan fingerprint density at radius 1 is 1.69 bits per heavy atom. The summed E-state index contributed by atoms with van der Waals surface area (Å²) in [4.78, 5) is 2.00. The van der Waals surface area contributed by atoms with Crippen LogP contribution in [0.25, 0.3) is 0 Å². The van der Waals surface area contributed by atoms with Crippen LogP contribution in [0.15, 0.2) is 12.3 Å². The number of hydrogen-bond donors (Lipinski definition) is 2. The molecule has 5 nitrogen and oxygen atoms in total. The van der Waals surface area contributed by atoms with E-state index in [1.165, 1.54) is 0 Å². The SMILES string of the molecule is CO[C@@H]1CN(c2cc[nH]n2)C[C@@H]1O. The highest BCUT2D eigenvalue weighted by Crippen LogP contribution is 2.18. The van der Waals surface area contributed by atoms with Crippen molar-refractivity contribution < 1.29 is 9.84 Å². The van der Waals surface area contributed by atoms with Gasteiger partial charge in [0.15, 0.2) is 0 Å². The molecule has 2 N–H and O–H groups in total. The molecule has 0 saturated carbocycles. The van der Waals surface area contributed by atoms with Crippen LogP contribution in [0, 0.1) is 0 Å². The average Bonchev–Trinajstić information content (AvgIpc) is 2.71. The molecule has 0 unspecified atom stereocenters. The van der Waals surface area contributed by atoms with Crippen LogP contribution in [0.4, 0.5) is 5.82 Å². The van der Waals surface area contributed by atoms with E-state index in [0.29, 0.717) is 13.1 Å². The zero-order valence-electron chi connectivity index (χ0n) is 7.47. The first-order chi connectivity index (χ1) is 6.31. The van der Waals surface area contributed by atoms with E-state index in [4.69, 9.17) is 4.74 Å². The molecule has 1 aromatic rings. The quantitative estimate of drug-likeness (QED) is 0.655. The predicted molar refractivity (Wildman–Crippen MR) is 47.6 cm³/mol. The van der Waals surface area contributed by atoms with E-state index in [0.717, 1.165) is 5.82 Å². The van der Waals surface area contributed by atoms with Gasteiger partial charge in [-0.3, -0.25) is 5.10 Å². The molecule has 1 fully saturated rings. The van der Waals surface area contributed by atoms with Gasteiger partial charge in [0.1, 0.15) is 11.9 Å². The molecule has 0 bridgehead atoms. The van der Waals surface area contributed by atoms with Crippen LogP contribution in [-0.2, 0) is 4.74 Å². The third-order valence-corrected chi connectivity index (χ3v) is 2.35. The lowest BCUT2D eigenvalue weighted by molar-refractivity contribution is 0.0217. The first kappa shape index (κ1) is 8.52. The number of rotatable bonds is 2. The van der Waals surface area contributed by atoms with Crippen LogP contribution in [-0.4, -0.2) is 47.7 Å². The van der Waals surface area contributed by atoms with E-state index in [1.807, 2.05) is 11.0 Å². The second-order valence-electron chi connectivity index (χ2n) is 3.18. The van der Waals surface area contributed by atoms with Crippen molar-refractivity contribution in [2.45, 2.75) is 12.2 Å². The van der Waals surface area contributed by atoms with Gasteiger partial charge in [-0.15, -0.1) is 0 Å². The minimum absolute atomic E-state index is 0.100. The van der Waals surface area contributed by atoms with Gasteiger partial charge in [-0.25, -0.2) is 0 Å². The Bertz CT molecular complexity index is 262. The van der Waals surface area contributed by atoms with Crippen LogP contribution < -0.4 is 4.90 Å². The molecule has 2 atom stereocenters. The Kier molecular flexibility index (Phi) is 2.20. The summed E-state index contributed by atoms with van der Waals surface area (Å²) in [6, 6.07) is 1.88. The van der Waals surface area contributed by atoms with Crippen molar-refractivity contribution in [2.24, 2.45) is 0 Å². The Morgan fingerprint density at radius 2 is 2.54 bits per heavy atom. The van der Waals surface area contributed by atoms with Gasteiger partial charge in [0.25, 0.3) is 0 Å². The number of ether oxygens (including phenoxy) is 1. The summed E-state index contributed by atoms with van der Waals surface area (Å²) in [5.41, 5.74) is 0. The molecule has 13 heavy (non-hydrogen) atoms. The Morgan fingerprint density at radius 3 is 3.08 bits per heavy atom. The summed E-state index contributed by atoms with van der Waals surface area (Å²) in [5, 5.41) is 16.3. The van der Waals surface area contributed by atoms with Gasteiger partial charge in [-0.2, -0.15) is 5.10 Å². The molecule has 0 aromatic carbocycles. The zero-order valence-corrected chi connectivity index (χ0v) is 7.47. The highest BCUT2D eigenvalue weighted by molar-refractivity contribution is 5.38. The number of anilines is 1. The van der Waals surface area contributed by atoms with E-state index in [1.54, 1.807) is 13.3 Å². The molecule has 72 valence electrons. The summed E-state index contributed by atoms with van der Waals surface area (Å²) in [5.74, 6) is 0.860. The third kappa shape index (κ3) is 1.52. The standard InChI is InChI=1S/C8H13N3O2/c1-13-7-5-11(4-6(7)12)8-2-3-9-10-8/h2-3,6-7,12H,4-5H2,1H3,(H,9,10)/t6-,7+/m0/s1. The molecule has 2 rings (SSSR count). The Hall–Kier alpha value is -1.07. The van der Waals surface area contributed by atoms with Crippen LogP contribution in [0.2, 0.25) is 0 Å². The number of β-amino-alcohol motifs (C(OH)–C–C–N with tert-alkyl or cyclic N) is 1. The van der Waals surface area contributed by atoms with Gasteiger partial charge in [0, 0.05) is 32.5 Å². The maximum absolute atomic E-state index is 9.55. The van der Waals surface area contributed by atoms with Gasteiger partial charge < -0.3 is 14.7 Å². The topological polar surface area (TPSA) is 61.4 Å². The summed E-state index contributed by atoms with van der Waals surface area (Å²) in [6.45, 7) is 1.28. The van der Waals surface area contributed by atoms with Crippen molar-refractivity contribution >= 4 is 5.82 Å². The van der Waals surface area contributed by atoms with E-state index in [2.05, 4.69) is 10.2 Å². The number of nitrogens with zero attached hydrogens (tertiary/aromatic N) is 2. The van der Waals surface area contributed by atoms with Gasteiger partial charge in [-0.05, 0) is 0 Å². The molecular formula is C8H13N3O2. The highest BCUT2D eigenvalue weighted by atomic mass is 16.5. The van der Waals surface area contributed by atoms with Crippen LogP contribution in [0.1, 0.15) is 0 Å². The fourth-order valence-corrected chi connectivity index (χ4v) is 1.60.